The molecule has 0 fully saturated rings. The highest BCUT2D eigenvalue weighted by Crippen LogP contribution is 2.17. The maximum Gasteiger partial charge on any atom is 0.255 e. The van der Waals surface area contributed by atoms with Crippen molar-refractivity contribution >= 4 is 5.91 Å². The molecule has 22 heavy (non-hydrogen) atoms. The Morgan fingerprint density at radius 2 is 2.23 bits per heavy atom. The Morgan fingerprint density at radius 1 is 1.27 bits per heavy atom. The lowest BCUT2D eigenvalue weighted by Crippen LogP contribution is -2.36. The summed E-state index contributed by atoms with van der Waals surface area (Å²) in [6.07, 6.45) is 7.56. The van der Waals surface area contributed by atoms with E-state index in [-0.39, 0.29) is 5.91 Å². The molecule has 7 heteroatoms. The molecule has 7 nitrogen and oxygen atoms in total. The summed E-state index contributed by atoms with van der Waals surface area (Å²) in [7, 11) is 0. The molecule has 4 rings (SSSR count). The van der Waals surface area contributed by atoms with Crippen molar-refractivity contribution in [3.8, 4) is 5.82 Å². The summed E-state index contributed by atoms with van der Waals surface area (Å²) in [6, 6.07) is 5.41. The number of H-pyrrole nitrogens is 1. The average Bonchev–Trinajstić information content (AvgIpc) is 3.25. The van der Waals surface area contributed by atoms with Crippen LogP contribution in [0.1, 0.15) is 21.7 Å². The number of carbonyl (C=O) groups is 1. The van der Waals surface area contributed by atoms with Crippen molar-refractivity contribution in [2.75, 3.05) is 6.54 Å². The fraction of sp³-hybridized carbons (Fsp3) is 0.200. The Kier molecular flexibility index (Phi) is 2.96. The van der Waals surface area contributed by atoms with Gasteiger partial charge in [0.2, 0.25) is 0 Å². The number of carbonyl (C=O) groups excluding carboxylic acids is 1. The van der Waals surface area contributed by atoms with Gasteiger partial charge in [-0.3, -0.25) is 4.79 Å². The summed E-state index contributed by atoms with van der Waals surface area (Å²) in [4.78, 5) is 26.0. The van der Waals surface area contributed by atoms with E-state index in [0.29, 0.717) is 24.5 Å². The Morgan fingerprint density at radius 3 is 3.00 bits per heavy atom. The van der Waals surface area contributed by atoms with Gasteiger partial charge in [0, 0.05) is 31.6 Å². The first-order valence-electron chi connectivity index (χ1n) is 7.08. The quantitative estimate of drug-likeness (QED) is 0.770. The van der Waals surface area contributed by atoms with Crippen molar-refractivity contribution in [2.24, 2.45) is 0 Å². The van der Waals surface area contributed by atoms with Crippen LogP contribution in [0.25, 0.3) is 5.82 Å². The van der Waals surface area contributed by atoms with E-state index in [1.165, 1.54) is 0 Å². The van der Waals surface area contributed by atoms with Gasteiger partial charge in [0.1, 0.15) is 0 Å². The molecule has 0 aromatic carbocycles. The third-order valence-corrected chi connectivity index (χ3v) is 3.80. The van der Waals surface area contributed by atoms with Gasteiger partial charge < -0.3 is 9.88 Å². The largest absolute Gasteiger partial charge is 0.347 e. The number of hydrogen-bond acceptors (Lipinski definition) is 4. The van der Waals surface area contributed by atoms with Gasteiger partial charge in [0.25, 0.3) is 5.91 Å². The van der Waals surface area contributed by atoms with Gasteiger partial charge in [-0.2, -0.15) is 5.10 Å². The van der Waals surface area contributed by atoms with Crippen LogP contribution in [0.5, 0.6) is 0 Å². The minimum absolute atomic E-state index is 0.0141. The van der Waals surface area contributed by atoms with Crippen molar-refractivity contribution < 1.29 is 4.79 Å². The predicted octanol–water partition coefficient (Wildman–Crippen LogP) is 1.19. The first kappa shape index (κ1) is 12.8. The number of hydrogen-bond donors (Lipinski definition) is 1. The minimum Gasteiger partial charge on any atom is -0.347 e. The van der Waals surface area contributed by atoms with E-state index in [0.717, 1.165) is 17.8 Å². The second-order valence-electron chi connectivity index (χ2n) is 5.16. The van der Waals surface area contributed by atoms with Crippen LogP contribution in [-0.4, -0.2) is 42.1 Å². The van der Waals surface area contributed by atoms with E-state index in [4.69, 9.17) is 0 Å². The number of aromatic nitrogens is 5. The van der Waals surface area contributed by atoms with Crippen LogP contribution in [0.3, 0.4) is 0 Å². The second-order valence-corrected chi connectivity index (χ2v) is 5.16. The molecule has 0 aliphatic carbocycles. The molecule has 0 saturated heterocycles. The Hall–Kier alpha value is -2.96. The number of pyridine rings is 1. The lowest BCUT2D eigenvalue weighted by atomic mass is 10.1. The molecule has 1 aliphatic rings. The summed E-state index contributed by atoms with van der Waals surface area (Å²) < 4.78 is 1.66. The number of fused-ring (bicyclic) bond motifs is 1. The van der Waals surface area contributed by atoms with Gasteiger partial charge in [-0.1, -0.05) is 0 Å². The van der Waals surface area contributed by atoms with Crippen molar-refractivity contribution in [3.63, 3.8) is 0 Å². The fourth-order valence-electron chi connectivity index (χ4n) is 2.62. The van der Waals surface area contributed by atoms with Crippen LogP contribution in [-0.2, 0) is 13.0 Å². The van der Waals surface area contributed by atoms with Crippen molar-refractivity contribution in [1.82, 2.24) is 29.6 Å². The molecule has 0 atom stereocenters. The van der Waals surface area contributed by atoms with Crippen LogP contribution in [0.15, 0.2) is 43.1 Å². The zero-order valence-corrected chi connectivity index (χ0v) is 11.8. The highest BCUT2D eigenvalue weighted by Gasteiger charge is 2.23. The summed E-state index contributed by atoms with van der Waals surface area (Å²) in [6.45, 7) is 1.24. The summed E-state index contributed by atoms with van der Waals surface area (Å²) in [5.41, 5.74) is 2.65. The van der Waals surface area contributed by atoms with Crippen LogP contribution >= 0.6 is 0 Å². The van der Waals surface area contributed by atoms with E-state index < -0.39 is 0 Å². The zero-order valence-electron chi connectivity index (χ0n) is 11.8. The monoisotopic (exact) mass is 294 g/mol. The number of imidazole rings is 1. The number of nitrogens with one attached hydrogen (secondary N) is 1. The Labute approximate surface area is 126 Å². The van der Waals surface area contributed by atoms with Crippen LogP contribution in [0.2, 0.25) is 0 Å². The molecule has 0 radical (unpaired) electrons. The lowest BCUT2D eigenvalue weighted by Gasteiger charge is -2.26. The van der Waals surface area contributed by atoms with Gasteiger partial charge in [0.15, 0.2) is 5.82 Å². The normalized spacial score (nSPS) is 13.9. The van der Waals surface area contributed by atoms with E-state index >= 15 is 0 Å². The molecular weight excluding hydrogens is 280 g/mol. The standard InChI is InChI=1S/C15H14N6O/c22-15(20-7-4-12-13(9-20)18-10-17-12)11-2-3-14(16-8-11)21-6-1-5-19-21/h1-3,5-6,8,10H,4,7,9H2,(H,17,18). The van der Waals surface area contributed by atoms with Crippen molar-refractivity contribution in [1.29, 1.82) is 0 Å². The molecule has 3 aromatic heterocycles. The topological polar surface area (TPSA) is 79.7 Å². The molecular formula is C15H14N6O. The molecule has 3 aromatic rings. The first-order valence-corrected chi connectivity index (χ1v) is 7.08. The average molecular weight is 294 g/mol. The van der Waals surface area contributed by atoms with E-state index in [1.54, 1.807) is 35.5 Å². The van der Waals surface area contributed by atoms with Gasteiger partial charge in [-0.25, -0.2) is 14.6 Å². The number of rotatable bonds is 2. The summed E-state index contributed by atoms with van der Waals surface area (Å²) >= 11 is 0. The molecule has 1 N–H and O–H groups in total. The third kappa shape index (κ3) is 2.16. The number of amides is 1. The molecule has 1 amide bonds. The number of nitrogens with zero attached hydrogens (tertiary/aromatic N) is 5. The maximum absolute atomic E-state index is 12.6. The number of aromatic amines is 1. The highest BCUT2D eigenvalue weighted by molar-refractivity contribution is 5.94. The zero-order chi connectivity index (χ0) is 14.9. The van der Waals surface area contributed by atoms with Crippen LogP contribution in [0.4, 0.5) is 0 Å². The SMILES string of the molecule is O=C(c1ccc(-n2cccn2)nc1)N1CCc2nc[nH]c2C1. The summed E-state index contributed by atoms with van der Waals surface area (Å²) in [5, 5.41) is 4.12. The van der Waals surface area contributed by atoms with Crippen LogP contribution in [0, 0.1) is 0 Å². The molecule has 0 saturated carbocycles. The minimum atomic E-state index is -0.0141. The van der Waals surface area contributed by atoms with E-state index in [9.17, 15) is 4.79 Å². The maximum atomic E-state index is 12.6. The molecule has 0 unspecified atom stereocenters. The Balaban J connectivity index is 1.54. The van der Waals surface area contributed by atoms with Crippen molar-refractivity contribution in [2.45, 2.75) is 13.0 Å². The molecule has 4 heterocycles. The molecule has 0 bridgehead atoms. The third-order valence-electron chi connectivity index (χ3n) is 3.80. The van der Waals surface area contributed by atoms with Gasteiger partial charge in [-0.05, 0) is 18.2 Å². The van der Waals surface area contributed by atoms with Gasteiger partial charge in [0.05, 0.1) is 29.8 Å². The van der Waals surface area contributed by atoms with Crippen molar-refractivity contribution in [3.05, 3.63) is 60.1 Å². The first-order chi connectivity index (χ1) is 10.8. The van der Waals surface area contributed by atoms with Gasteiger partial charge >= 0.3 is 0 Å². The van der Waals surface area contributed by atoms with Crippen LogP contribution < -0.4 is 0 Å². The predicted molar refractivity (Wildman–Crippen MR) is 78.4 cm³/mol. The molecule has 0 spiro atoms. The fourth-order valence-corrected chi connectivity index (χ4v) is 2.62. The van der Waals surface area contributed by atoms with E-state index in [1.807, 2.05) is 17.2 Å². The molecule has 1 aliphatic heterocycles. The highest BCUT2D eigenvalue weighted by atomic mass is 16.2. The molecule has 110 valence electrons. The van der Waals surface area contributed by atoms with Gasteiger partial charge in [-0.15, -0.1) is 0 Å². The smallest absolute Gasteiger partial charge is 0.255 e. The summed E-state index contributed by atoms with van der Waals surface area (Å²) in [5.74, 6) is 0.677. The Bertz CT molecular complexity index is 790. The lowest BCUT2D eigenvalue weighted by molar-refractivity contribution is 0.0731. The van der Waals surface area contributed by atoms with E-state index in [2.05, 4.69) is 20.1 Å². The second kappa shape index (κ2) is 5.10.